The minimum absolute atomic E-state index is 0.0330. The van der Waals surface area contributed by atoms with Crippen LogP contribution in [0.3, 0.4) is 0 Å². The average Bonchev–Trinajstić information content (AvgIpc) is 2.83. The van der Waals surface area contributed by atoms with Crippen LogP contribution in [-0.2, 0) is 0 Å². The fourth-order valence-electron chi connectivity index (χ4n) is 2.20. The van der Waals surface area contributed by atoms with Crippen LogP contribution in [0, 0.1) is 10.1 Å². The number of non-ortho nitro benzene ring substituents is 1. The fraction of sp³-hybridized carbons (Fsp3) is 0.200. The Morgan fingerprint density at radius 1 is 1.09 bits per heavy atom. The topological polar surface area (TPSA) is 77.1 Å². The summed E-state index contributed by atoms with van der Waals surface area (Å²) in [6, 6.07) is 10.9. The number of nitro benzene ring substituents is 1. The van der Waals surface area contributed by atoms with Crippen molar-refractivity contribution < 1.29 is 9.66 Å². The zero-order valence-electron chi connectivity index (χ0n) is 12.8. The van der Waals surface area contributed by atoms with Crippen molar-refractivity contribution in [3.63, 3.8) is 0 Å². The molecule has 0 fully saturated rings. The van der Waals surface area contributed by atoms with E-state index < -0.39 is 18.2 Å². The van der Waals surface area contributed by atoms with Crippen molar-refractivity contribution in [3.8, 4) is 5.75 Å². The van der Waals surface area contributed by atoms with Gasteiger partial charge >= 0.3 is 140 Å². The van der Waals surface area contributed by atoms with E-state index in [2.05, 4.69) is 4.01 Å². The molecule has 0 aliphatic carbocycles. The summed E-state index contributed by atoms with van der Waals surface area (Å²) in [4.78, 5) is 12.7. The van der Waals surface area contributed by atoms with Crippen molar-refractivity contribution in [2.24, 2.45) is 8.02 Å². The second kappa shape index (κ2) is 5.96. The van der Waals surface area contributed by atoms with Gasteiger partial charge in [0, 0.05) is 0 Å². The zero-order chi connectivity index (χ0) is 16.6. The molecular formula is C15H15N3O3SSe. The van der Waals surface area contributed by atoms with E-state index in [9.17, 15) is 10.1 Å². The molecule has 1 aliphatic heterocycles. The molecule has 0 saturated carbocycles. The molecule has 0 radical (unpaired) electrons. The van der Waals surface area contributed by atoms with Gasteiger partial charge < -0.3 is 0 Å². The summed E-state index contributed by atoms with van der Waals surface area (Å²) in [6.45, 7) is 0. The third kappa shape index (κ3) is 3.24. The number of methoxy groups -OCH3 is 1. The van der Waals surface area contributed by atoms with E-state index in [0.29, 0.717) is 10.7 Å². The van der Waals surface area contributed by atoms with Crippen LogP contribution in [0.5, 0.6) is 5.75 Å². The summed E-state index contributed by atoms with van der Waals surface area (Å²) in [7, 11) is 1.62. The Bertz CT molecular complexity index is 897. The van der Waals surface area contributed by atoms with Gasteiger partial charge in [-0.2, -0.15) is 0 Å². The monoisotopic (exact) mass is 397 g/mol. The van der Waals surface area contributed by atoms with Crippen molar-refractivity contribution >= 4 is 30.7 Å². The molecule has 1 heterocycles. The van der Waals surface area contributed by atoms with Crippen LogP contribution >= 0.6 is 11.8 Å². The van der Waals surface area contributed by atoms with Crippen LogP contribution in [0.4, 0.5) is 5.69 Å². The molecule has 3 rings (SSSR count). The second-order valence-electron chi connectivity index (χ2n) is 5.22. The van der Waals surface area contributed by atoms with Gasteiger partial charge in [0.25, 0.3) is 0 Å². The zero-order valence-corrected chi connectivity index (χ0v) is 15.4. The molecule has 0 bridgehead atoms. The van der Waals surface area contributed by atoms with Gasteiger partial charge in [-0.3, -0.25) is 0 Å². The average molecular weight is 396 g/mol. The molecular weight excluding hydrogens is 381 g/mol. The first-order valence-corrected chi connectivity index (χ1v) is 12.5. The molecule has 0 spiro atoms. The predicted octanol–water partition coefficient (Wildman–Crippen LogP) is 2.71. The number of ether oxygens (including phenoxy) is 1. The third-order valence-corrected chi connectivity index (χ3v) is 6.90. The van der Waals surface area contributed by atoms with Crippen LogP contribution < -0.4 is 15.5 Å². The second-order valence-corrected chi connectivity index (χ2v) is 12.2. The van der Waals surface area contributed by atoms with Gasteiger partial charge in [-0.25, -0.2) is 0 Å². The quantitative estimate of drug-likeness (QED) is 0.452. The Morgan fingerprint density at radius 2 is 1.74 bits per heavy atom. The summed E-state index contributed by atoms with van der Waals surface area (Å²) in [5.74, 6) is 4.77. The Balaban J connectivity index is 2.07. The summed E-state index contributed by atoms with van der Waals surface area (Å²) in [5.41, 5.74) is 0.0330. The normalized spacial score (nSPS) is 16.0. The van der Waals surface area contributed by atoms with Crippen molar-refractivity contribution in [3.05, 3.63) is 57.2 Å². The maximum absolute atomic E-state index is 11.2. The van der Waals surface area contributed by atoms with Crippen LogP contribution in [0.1, 0.15) is 0 Å². The molecule has 0 unspecified atom stereocenters. The third-order valence-electron chi connectivity index (χ3n) is 3.21. The number of nitrogens with zero attached hydrogens (tertiary/aromatic N) is 3. The Hall–Kier alpha value is -1.89. The van der Waals surface area contributed by atoms with Crippen molar-refractivity contribution in [2.45, 2.75) is 21.4 Å². The van der Waals surface area contributed by atoms with Gasteiger partial charge in [0.2, 0.25) is 0 Å². The molecule has 8 heteroatoms. The molecule has 1 aliphatic rings. The van der Waals surface area contributed by atoms with Gasteiger partial charge in [-0.15, -0.1) is 0 Å². The van der Waals surface area contributed by atoms with Gasteiger partial charge in [-0.05, 0) is 0 Å². The van der Waals surface area contributed by atoms with Gasteiger partial charge in [0.1, 0.15) is 0 Å². The number of hydrogen-bond donors (Lipinski definition) is 0. The van der Waals surface area contributed by atoms with E-state index in [1.165, 1.54) is 17.8 Å². The van der Waals surface area contributed by atoms with Crippen molar-refractivity contribution in [1.82, 2.24) is 0 Å². The SMILES string of the molecule is COc1ccc(Sc2ccc([N+](=O)[O-])c3c2=N[Se](C)(C)N=3)cc1. The number of benzene rings is 2. The number of rotatable bonds is 4. The molecule has 0 atom stereocenters. The van der Waals surface area contributed by atoms with Gasteiger partial charge in [0.05, 0.1) is 0 Å². The minimum atomic E-state index is -2.36. The molecule has 120 valence electrons. The molecule has 23 heavy (non-hydrogen) atoms. The predicted molar refractivity (Wildman–Crippen MR) is 90.0 cm³/mol. The number of nitro groups is 1. The van der Waals surface area contributed by atoms with E-state index in [1.807, 2.05) is 35.9 Å². The first-order valence-electron chi connectivity index (χ1n) is 6.72. The van der Waals surface area contributed by atoms with E-state index in [1.54, 1.807) is 13.2 Å². The summed E-state index contributed by atoms with van der Waals surface area (Å²) >= 11 is -0.834. The maximum atomic E-state index is 11.2. The summed E-state index contributed by atoms with van der Waals surface area (Å²) < 4.78 is 14.4. The van der Waals surface area contributed by atoms with E-state index in [-0.39, 0.29) is 5.69 Å². The number of hydrogen-bond acceptors (Lipinski definition) is 6. The number of fused-ring (bicyclic) bond motifs is 1. The molecule has 2 aromatic rings. The Morgan fingerprint density at radius 3 is 2.35 bits per heavy atom. The van der Waals surface area contributed by atoms with Crippen molar-refractivity contribution in [1.29, 1.82) is 0 Å². The molecule has 0 saturated heterocycles. The van der Waals surface area contributed by atoms with E-state index >= 15 is 0 Å². The Kier molecular flexibility index (Phi) is 4.14. The van der Waals surface area contributed by atoms with Gasteiger partial charge in [0.15, 0.2) is 0 Å². The summed E-state index contributed by atoms with van der Waals surface area (Å²) in [6.07, 6.45) is 0. The first kappa shape index (κ1) is 16.0. The molecule has 0 N–H and O–H groups in total. The molecule has 2 aromatic carbocycles. The molecule has 6 nitrogen and oxygen atoms in total. The van der Waals surface area contributed by atoms with E-state index in [0.717, 1.165) is 15.5 Å². The van der Waals surface area contributed by atoms with Crippen molar-refractivity contribution in [2.75, 3.05) is 7.11 Å². The van der Waals surface area contributed by atoms with Gasteiger partial charge in [-0.1, -0.05) is 0 Å². The van der Waals surface area contributed by atoms with E-state index in [4.69, 9.17) is 8.75 Å². The van der Waals surface area contributed by atoms with Crippen LogP contribution in [0.25, 0.3) is 0 Å². The summed E-state index contributed by atoms with van der Waals surface area (Å²) in [5, 5.41) is 12.3. The Labute approximate surface area is 140 Å². The van der Waals surface area contributed by atoms with Crippen LogP contribution in [-0.4, -0.2) is 25.3 Å². The fourth-order valence-corrected chi connectivity index (χ4v) is 5.95. The molecule has 0 amide bonds. The first-order chi connectivity index (χ1) is 10.9. The van der Waals surface area contributed by atoms with Crippen LogP contribution in [0.15, 0.2) is 54.2 Å². The van der Waals surface area contributed by atoms with Crippen LogP contribution in [0.2, 0.25) is 11.6 Å². The molecule has 0 aromatic heterocycles. The standard InChI is InChI=1S/C15H15N3O3SSe/c1-21-10-4-6-11(7-5-10)22-13-9-8-12(18(19)20)14-15(13)17-23(2,3)16-14/h4-9H,1-3H3.